The first-order valence-corrected chi connectivity index (χ1v) is 3.23. The number of hydrazine groups is 1. The standard InChI is InChI=1S/C6H13N3/c1-5(2)6-7-4-8-9(6)3/h5,8H,4H2,1-3H3. The second kappa shape index (κ2) is 2.35. The van der Waals surface area contributed by atoms with Crippen LogP contribution in [0.4, 0.5) is 0 Å². The van der Waals surface area contributed by atoms with Crippen molar-refractivity contribution in [3.63, 3.8) is 0 Å². The van der Waals surface area contributed by atoms with Crippen LogP contribution in [0.25, 0.3) is 0 Å². The molecule has 0 fully saturated rings. The Labute approximate surface area is 55.7 Å². The minimum absolute atomic E-state index is 0.532. The second-order valence-electron chi connectivity index (χ2n) is 2.55. The summed E-state index contributed by atoms with van der Waals surface area (Å²) in [6, 6.07) is 0. The molecule has 0 bridgehead atoms. The highest BCUT2D eigenvalue weighted by Crippen LogP contribution is 2.02. The highest BCUT2D eigenvalue weighted by Gasteiger charge is 2.13. The van der Waals surface area contributed by atoms with Crippen molar-refractivity contribution in [2.45, 2.75) is 13.8 Å². The third-order valence-electron chi connectivity index (χ3n) is 1.41. The molecule has 0 aromatic heterocycles. The molecule has 3 heteroatoms. The summed E-state index contributed by atoms with van der Waals surface area (Å²) in [4.78, 5) is 4.25. The van der Waals surface area contributed by atoms with Gasteiger partial charge in [-0.1, -0.05) is 13.8 Å². The molecule has 0 aliphatic carbocycles. The van der Waals surface area contributed by atoms with Gasteiger partial charge in [0.1, 0.15) is 12.5 Å². The minimum Gasteiger partial charge on any atom is -0.297 e. The molecule has 0 saturated heterocycles. The molecule has 0 spiro atoms. The summed E-state index contributed by atoms with van der Waals surface area (Å²) in [6.45, 7) is 5.02. The molecule has 9 heavy (non-hydrogen) atoms. The van der Waals surface area contributed by atoms with Gasteiger partial charge < -0.3 is 0 Å². The van der Waals surface area contributed by atoms with E-state index in [-0.39, 0.29) is 0 Å². The van der Waals surface area contributed by atoms with Crippen LogP contribution in [0.3, 0.4) is 0 Å². The molecule has 52 valence electrons. The predicted molar refractivity (Wildman–Crippen MR) is 38.0 cm³/mol. The molecular formula is C6H13N3. The molecule has 1 aliphatic rings. The maximum Gasteiger partial charge on any atom is 0.117 e. The van der Waals surface area contributed by atoms with E-state index < -0.39 is 0 Å². The fourth-order valence-electron chi connectivity index (χ4n) is 0.979. The van der Waals surface area contributed by atoms with Crippen molar-refractivity contribution in [2.75, 3.05) is 13.7 Å². The first-order valence-electron chi connectivity index (χ1n) is 3.23. The molecule has 0 saturated carbocycles. The summed E-state index contributed by atoms with van der Waals surface area (Å²) in [7, 11) is 1.99. The summed E-state index contributed by atoms with van der Waals surface area (Å²) in [6.07, 6.45) is 0. The van der Waals surface area contributed by atoms with Crippen molar-refractivity contribution in [1.82, 2.24) is 10.4 Å². The maximum absolute atomic E-state index is 4.25. The van der Waals surface area contributed by atoms with Crippen LogP contribution in [0, 0.1) is 5.92 Å². The van der Waals surface area contributed by atoms with Crippen molar-refractivity contribution in [3.8, 4) is 0 Å². The van der Waals surface area contributed by atoms with Crippen molar-refractivity contribution < 1.29 is 0 Å². The molecule has 0 atom stereocenters. The van der Waals surface area contributed by atoms with E-state index in [0.717, 1.165) is 12.5 Å². The fraction of sp³-hybridized carbons (Fsp3) is 0.833. The van der Waals surface area contributed by atoms with Gasteiger partial charge in [-0.2, -0.15) is 0 Å². The van der Waals surface area contributed by atoms with E-state index >= 15 is 0 Å². The number of amidine groups is 1. The first kappa shape index (κ1) is 6.55. The van der Waals surface area contributed by atoms with Crippen LogP contribution in [0.15, 0.2) is 4.99 Å². The monoisotopic (exact) mass is 127 g/mol. The molecule has 1 heterocycles. The quantitative estimate of drug-likeness (QED) is 0.553. The van der Waals surface area contributed by atoms with Gasteiger partial charge in [-0.05, 0) is 0 Å². The molecule has 0 aromatic carbocycles. The summed E-state index contributed by atoms with van der Waals surface area (Å²) in [5.74, 6) is 1.68. The number of rotatable bonds is 1. The number of hydrogen-bond acceptors (Lipinski definition) is 3. The van der Waals surface area contributed by atoms with E-state index in [2.05, 4.69) is 24.3 Å². The highest BCUT2D eigenvalue weighted by molar-refractivity contribution is 5.84. The Morgan fingerprint density at radius 2 is 2.33 bits per heavy atom. The number of hydrogen-bond donors (Lipinski definition) is 1. The molecule has 1 rings (SSSR count). The van der Waals surface area contributed by atoms with Crippen LogP contribution in [0.1, 0.15) is 13.8 Å². The van der Waals surface area contributed by atoms with Gasteiger partial charge in [0, 0.05) is 13.0 Å². The average molecular weight is 127 g/mol. The molecule has 1 N–H and O–H groups in total. The normalized spacial score (nSPS) is 19.1. The Kier molecular flexibility index (Phi) is 1.71. The third kappa shape index (κ3) is 1.21. The van der Waals surface area contributed by atoms with Crippen LogP contribution in [0.2, 0.25) is 0 Å². The van der Waals surface area contributed by atoms with Gasteiger partial charge in [0.05, 0.1) is 0 Å². The Morgan fingerprint density at radius 1 is 1.67 bits per heavy atom. The number of nitrogens with zero attached hydrogens (tertiary/aromatic N) is 2. The van der Waals surface area contributed by atoms with Crippen molar-refractivity contribution >= 4 is 5.84 Å². The van der Waals surface area contributed by atoms with E-state index in [1.165, 1.54) is 0 Å². The lowest BCUT2D eigenvalue weighted by Crippen LogP contribution is -2.35. The maximum atomic E-state index is 4.25. The topological polar surface area (TPSA) is 27.6 Å². The van der Waals surface area contributed by atoms with Crippen molar-refractivity contribution in [1.29, 1.82) is 0 Å². The summed E-state index contributed by atoms with van der Waals surface area (Å²) in [5.41, 5.74) is 3.08. The molecule has 0 amide bonds. The van der Waals surface area contributed by atoms with E-state index in [9.17, 15) is 0 Å². The molecule has 0 aromatic rings. The summed E-state index contributed by atoms with van der Waals surface area (Å²) >= 11 is 0. The van der Waals surface area contributed by atoms with E-state index in [4.69, 9.17) is 0 Å². The lowest BCUT2D eigenvalue weighted by atomic mass is 10.2. The molecule has 0 radical (unpaired) electrons. The molecule has 0 unspecified atom stereocenters. The van der Waals surface area contributed by atoms with Crippen molar-refractivity contribution in [3.05, 3.63) is 0 Å². The van der Waals surface area contributed by atoms with E-state index in [1.54, 1.807) is 0 Å². The van der Waals surface area contributed by atoms with Gasteiger partial charge in [-0.25, -0.2) is 5.43 Å². The van der Waals surface area contributed by atoms with Crippen LogP contribution < -0.4 is 5.43 Å². The first-order chi connectivity index (χ1) is 4.22. The highest BCUT2D eigenvalue weighted by atomic mass is 15.6. The third-order valence-corrected chi connectivity index (χ3v) is 1.41. The lowest BCUT2D eigenvalue weighted by molar-refractivity contribution is 0.396. The zero-order valence-electron chi connectivity index (χ0n) is 6.18. The molecule has 1 aliphatic heterocycles. The Balaban J connectivity index is 2.57. The van der Waals surface area contributed by atoms with Gasteiger partial charge in [0.15, 0.2) is 0 Å². The summed E-state index contributed by atoms with van der Waals surface area (Å²) < 4.78 is 0. The SMILES string of the molecule is CC(C)C1=NCNN1C. The zero-order chi connectivity index (χ0) is 6.85. The molecular weight excluding hydrogens is 114 g/mol. The van der Waals surface area contributed by atoms with Crippen LogP contribution in [-0.2, 0) is 0 Å². The van der Waals surface area contributed by atoms with E-state index in [0.29, 0.717) is 5.92 Å². The zero-order valence-corrected chi connectivity index (χ0v) is 6.18. The van der Waals surface area contributed by atoms with Gasteiger partial charge in [0.2, 0.25) is 0 Å². The fourth-order valence-corrected chi connectivity index (χ4v) is 0.979. The van der Waals surface area contributed by atoms with Gasteiger partial charge in [-0.15, -0.1) is 0 Å². The minimum atomic E-state index is 0.532. The van der Waals surface area contributed by atoms with Gasteiger partial charge >= 0.3 is 0 Å². The van der Waals surface area contributed by atoms with E-state index in [1.807, 2.05) is 12.1 Å². The predicted octanol–water partition coefficient (Wildman–Crippen LogP) is 0.448. The van der Waals surface area contributed by atoms with Crippen molar-refractivity contribution in [2.24, 2.45) is 10.9 Å². The largest absolute Gasteiger partial charge is 0.297 e. The van der Waals surface area contributed by atoms with Gasteiger partial charge in [-0.3, -0.25) is 10.0 Å². The Bertz CT molecular complexity index is 128. The Hall–Kier alpha value is -0.570. The smallest absolute Gasteiger partial charge is 0.117 e. The van der Waals surface area contributed by atoms with Crippen LogP contribution in [-0.4, -0.2) is 24.6 Å². The molecule has 3 nitrogen and oxygen atoms in total. The van der Waals surface area contributed by atoms with Gasteiger partial charge in [0.25, 0.3) is 0 Å². The average Bonchev–Trinajstić information content (AvgIpc) is 2.13. The van der Waals surface area contributed by atoms with Crippen LogP contribution >= 0.6 is 0 Å². The Morgan fingerprint density at radius 3 is 2.56 bits per heavy atom. The number of nitrogens with one attached hydrogen (secondary N) is 1. The lowest BCUT2D eigenvalue weighted by Gasteiger charge is -2.15. The van der Waals surface area contributed by atoms with Crippen LogP contribution in [0.5, 0.6) is 0 Å². The number of aliphatic imine (C=N–C) groups is 1. The second-order valence-corrected chi connectivity index (χ2v) is 2.55. The summed E-state index contributed by atoms with van der Waals surface area (Å²) in [5, 5.41) is 1.98.